The first-order chi connectivity index (χ1) is 12.7. The van der Waals surface area contributed by atoms with E-state index in [0.717, 1.165) is 35.5 Å². The van der Waals surface area contributed by atoms with Crippen molar-refractivity contribution in [1.29, 1.82) is 0 Å². The monoisotopic (exact) mass is 369 g/mol. The number of hydrogen-bond donors (Lipinski definition) is 1. The molecule has 0 bridgehead atoms. The average molecular weight is 370 g/mol. The second kappa shape index (κ2) is 9.37. The smallest absolute Gasteiger partial charge is 0.126 e. The van der Waals surface area contributed by atoms with Gasteiger partial charge in [0.15, 0.2) is 0 Å². The highest BCUT2D eigenvalue weighted by atomic mass is 35.5. The van der Waals surface area contributed by atoms with Crippen LogP contribution >= 0.6 is 11.6 Å². The van der Waals surface area contributed by atoms with Crippen molar-refractivity contribution < 1.29 is 9.13 Å². The molecule has 1 N–H and O–H groups in total. The Hall–Kier alpha value is -2.36. The first kappa shape index (κ1) is 18.4. The second-order valence-electron chi connectivity index (χ2n) is 6.08. The predicted octanol–water partition coefficient (Wildman–Crippen LogP) is 5.39. The van der Waals surface area contributed by atoms with Crippen LogP contribution in [0.25, 0.3) is 0 Å². The van der Waals surface area contributed by atoms with Crippen LogP contribution in [0.1, 0.15) is 16.7 Å². The summed E-state index contributed by atoms with van der Waals surface area (Å²) in [4.78, 5) is 0. The minimum Gasteiger partial charge on any atom is -0.489 e. The van der Waals surface area contributed by atoms with Crippen molar-refractivity contribution in [3.05, 3.63) is 100 Å². The molecule has 3 aromatic rings. The van der Waals surface area contributed by atoms with E-state index in [-0.39, 0.29) is 5.82 Å². The molecule has 0 aliphatic rings. The zero-order valence-electron chi connectivity index (χ0n) is 14.4. The van der Waals surface area contributed by atoms with Gasteiger partial charge in [-0.1, -0.05) is 54.1 Å². The molecule has 26 heavy (non-hydrogen) atoms. The van der Waals surface area contributed by atoms with Crippen LogP contribution in [0, 0.1) is 5.82 Å². The molecule has 0 atom stereocenters. The third-order valence-electron chi connectivity index (χ3n) is 4.08. The minimum absolute atomic E-state index is 0.143. The van der Waals surface area contributed by atoms with Gasteiger partial charge in [0.1, 0.15) is 18.2 Å². The summed E-state index contributed by atoms with van der Waals surface area (Å²) >= 11 is 5.97. The summed E-state index contributed by atoms with van der Waals surface area (Å²) in [5.74, 6) is 0.676. The molecule has 0 aliphatic heterocycles. The standard InChI is InChI=1S/C22H21ClFNO/c23-20-6-3-4-18(14-20)16-26-21-10-8-17(9-11-21)15-25-13-12-19-5-1-2-7-22(19)24/h1-11,14,25H,12-13,15-16H2. The molecule has 3 rings (SSSR count). The van der Waals surface area contributed by atoms with Crippen molar-refractivity contribution in [2.45, 2.75) is 19.6 Å². The van der Waals surface area contributed by atoms with Crippen LogP contribution in [0.15, 0.2) is 72.8 Å². The maximum Gasteiger partial charge on any atom is 0.126 e. The fraction of sp³-hybridized carbons (Fsp3) is 0.182. The Kier molecular flexibility index (Phi) is 6.64. The van der Waals surface area contributed by atoms with Crippen LogP contribution in [0.5, 0.6) is 5.75 Å². The molecule has 4 heteroatoms. The molecule has 3 aromatic carbocycles. The van der Waals surface area contributed by atoms with Gasteiger partial charge in [0.25, 0.3) is 0 Å². The predicted molar refractivity (Wildman–Crippen MR) is 104 cm³/mol. The highest BCUT2D eigenvalue weighted by Gasteiger charge is 2.01. The number of nitrogens with one attached hydrogen (secondary N) is 1. The highest BCUT2D eigenvalue weighted by molar-refractivity contribution is 6.30. The third-order valence-corrected chi connectivity index (χ3v) is 4.31. The van der Waals surface area contributed by atoms with E-state index in [1.807, 2.05) is 60.7 Å². The minimum atomic E-state index is -0.143. The van der Waals surface area contributed by atoms with E-state index in [2.05, 4.69) is 5.32 Å². The first-order valence-electron chi connectivity index (χ1n) is 8.61. The van der Waals surface area contributed by atoms with Crippen molar-refractivity contribution in [1.82, 2.24) is 5.32 Å². The molecule has 0 fully saturated rings. The highest BCUT2D eigenvalue weighted by Crippen LogP contribution is 2.16. The summed E-state index contributed by atoms with van der Waals surface area (Å²) in [5, 5.41) is 4.05. The molecule has 0 radical (unpaired) electrons. The summed E-state index contributed by atoms with van der Waals surface area (Å²) < 4.78 is 19.3. The Balaban J connectivity index is 1.42. The lowest BCUT2D eigenvalue weighted by atomic mass is 10.1. The van der Waals surface area contributed by atoms with Crippen LogP contribution < -0.4 is 10.1 Å². The summed E-state index contributed by atoms with van der Waals surface area (Å²) in [6, 6.07) is 22.5. The Morgan fingerprint density at radius 2 is 1.69 bits per heavy atom. The molecule has 134 valence electrons. The quantitative estimate of drug-likeness (QED) is 0.537. The molecule has 0 unspecified atom stereocenters. The number of halogens is 2. The van der Waals surface area contributed by atoms with Crippen LogP contribution in [0.2, 0.25) is 5.02 Å². The third kappa shape index (κ3) is 5.58. The molecule has 0 saturated heterocycles. The Morgan fingerprint density at radius 1 is 0.885 bits per heavy atom. The topological polar surface area (TPSA) is 21.3 Å². The average Bonchev–Trinajstić information content (AvgIpc) is 2.66. The fourth-order valence-corrected chi connectivity index (χ4v) is 2.87. The Bertz CT molecular complexity index is 836. The largest absolute Gasteiger partial charge is 0.489 e. The van der Waals surface area contributed by atoms with Gasteiger partial charge < -0.3 is 10.1 Å². The van der Waals surface area contributed by atoms with Crippen molar-refractivity contribution in [2.24, 2.45) is 0 Å². The van der Waals surface area contributed by atoms with Crippen molar-refractivity contribution in [3.63, 3.8) is 0 Å². The zero-order valence-corrected chi connectivity index (χ0v) is 15.2. The Morgan fingerprint density at radius 3 is 2.46 bits per heavy atom. The van der Waals surface area contributed by atoms with Gasteiger partial charge in [-0.25, -0.2) is 4.39 Å². The molecular weight excluding hydrogens is 349 g/mol. The van der Waals surface area contributed by atoms with Crippen LogP contribution in [-0.4, -0.2) is 6.54 Å². The van der Waals surface area contributed by atoms with Crippen LogP contribution in [0.3, 0.4) is 0 Å². The lowest BCUT2D eigenvalue weighted by Crippen LogP contribution is -2.17. The van der Waals surface area contributed by atoms with E-state index in [0.29, 0.717) is 18.1 Å². The van der Waals surface area contributed by atoms with Gasteiger partial charge in [-0.05, 0) is 60.0 Å². The van der Waals surface area contributed by atoms with E-state index in [1.165, 1.54) is 6.07 Å². The Labute approximate surface area is 158 Å². The molecule has 0 saturated carbocycles. The van der Waals surface area contributed by atoms with E-state index in [4.69, 9.17) is 16.3 Å². The fourth-order valence-electron chi connectivity index (χ4n) is 2.65. The summed E-state index contributed by atoms with van der Waals surface area (Å²) in [6.45, 7) is 1.96. The number of benzene rings is 3. The molecule has 0 amide bonds. The lowest BCUT2D eigenvalue weighted by molar-refractivity contribution is 0.306. The van der Waals surface area contributed by atoms with Crippen LogP contribution in [-0.2, 0) is 19.6 Å². The summed E-state index contributed by atoms with van der Waals surface area (Å²) in [6.07, 6.45) is 0.674. The molecule has 0 spiro atoms. The summed E-state index contributed by atoms with van der Waals surface area (Å²) in [7, 11) is 0. The van der Waals surface area contributed by atoms with Crippen molar-refractivity contribution >= 4 is 11.6 Å². The molecule has 0 heterocycles. The van der Waals surface area contributed by atoms with E-state index < -0.39 is 0 Å². The lowest BCUT2D eigenvalue weighted by Gasteiger charge is -2.09. The maximum atomic E-state index is 13.6. The van der Waals surface area contributed by atoms with Gasteiger partial charge in [0, 0.05) is 11.6 Å². The molecular formula is C22H21ClFNO. The van der Waals surface area contributed by atoms with Gasteiger partial charge in [-0.15, -0.1) is 0 Å². The number of ether oxygens (including phenoxy) is 1. The van der Waals surface area contributed by atoms with E-state index in [1.54, 1.807) is 6.07 Å². The van der Waals surface area contributed by atoms with E-state index >= 15 is 0 Å². The zero-order chi connectivity index (χ0) is 18.2. The van der Waals surface area contributed by atoms with Gasteiger partial charge in [-0.2, -0.15) is 0 Å². The number of rotatable bonds is 8. The van der Waals surface area contributed by atoms with Crippen LogP contribution in [0.4, 0.5) is 4.39 Å². The van der Waals surface area contributed by atoms with Gasteiger partial charge in [0.2, 0.25) is 0 Å². The van der Waals surface area contributed by atoms with Gasteiger partial charge in [-0.3, -0.25) is 0 Å². The van der Waals surface area contributed by atoms with E-state index in [9.17, 15) is 4.39 Å². The normalized spacial score (nSPS) is 10.7. The van der Waals surface area contributed by atoms with Gasteiger partial charge in [0.05, 0.1) is 0 Å². The second-order valence-corrected chi connectivity index (χ2v) is 6.52. The first-order valence-corrected chi connectivity index (χ1v) is 8.99. The molecule has 2 nitrogen and oxygen atoms in total. The van der Waals surface area contributed by atoms with Crippen molar-refractivity contribution in [3.8, 4) is 5.75 Å². The van der Waals surface area contributed by atoms with Crippen molar-refractivity contribution in [2.75, 3.05) is 6.54 Å². The molecule has 0 aliphatic carbocycles. The maximum absolute atomic E-state index is 13.6. The SMILES string of the molecule is Fc1ccccc1CCNCc1ccc(OCc2cccc(Cl)c2)cc1. The number of hydrogen-bond acceptors (Lipinski definition) is 2. The van der Waals surface area contributed by atoms with Gasteiger partial charge >= 0.3 is 0 Å². The summed E-state index contributed by atoms with van der Waals surface area (Å²) in [5.41, 5.74) is 2.94. The molecule has 0 aromatic heterocycles.